The Balaban J connectivity index is 1.27. The summed E-state index contributed by atoms with van der Waals surface area (Å²) in [5.74, 6) is -0.684. The van der Waals surface area contributed by atoms with Gasteiger partial charge in [0.05, 0.1) is 46.2 Å². The minimum absolute atomic E-state index is 0.0443. The molecule has 4 aromatic rings. The Bertz CT molecular complexity index is 1530. The van der Waals surface area contributed by atoms with E-state index in [-0.39, 0.29) is 19.8 Å². The third-order valence-corrected chi connectivity index (χ3v) is 7.91. The van der Waals surface area contributed by atoms with E-state index in [9.17, 15) is 9.59 Å². The van der Waals surface area contributed by atoms with Gasteiger partial charge in [0.2, 0.25) is 0 Å². The molecule has 1 N–H and O–H groups in total. The summed E-state index contributed by atoms with van der Waals surface area (Å²) in [5, 5.41) is 2.55. The van der Waals surface area contributed by atoms with E-state index in [0.717, 1.165) is 22.3 Å². The van der Waals surface area contributed by atoms with Crippen LogP contribution in [0.15, 0.2) is 121 Å². The van der Waals surface area contributed by atoms with Crippen LogP contribution in [0.25, 0.3) is 0 Å². The molecule has 10 heteroatoms. The summed E-state index contributed by atoms with van der Waals surface area (Å²) in [6.07, 6.45) is -2.81. The second kappa shape index (κ2) is 19.4. The second-order valence-corrected chi connectivity index (χ2v) is 11.6. The van der Waals surface area contributed by atoms with E-state index in [2.05, 4.69) is 5.32 Å². The fourth-order valence-corrected chi connectivity index (χ4v) is 5.34. The number of hydrogen-bond acceptors (Lipinski definition) is 9. The number of alkyl carbamates (subject to hydrolysis) is 1. The molecule has 1 fully saturated rings. The van der Waals surface area contributed by atoms with Crippen molar-refractivity contribution in [1.29, 1.82) is 0 Å². The number of carbonyl (C=O) groups excluding carboxylic acids is 2. The molecule has 0 saturated carbocycles. The average Bonchev–Trinajstić information content (AvgIpc) is 3.15. The zero-order chi connectivity index (χ0) is 34.1. The number of ether oxygens (including phenoxy) is 7. The van der Waals surface area contributed by atoms with Gasteiger partial charge < -0.3 is 38.5 Å². The minimum atomic E-state index is -1.14. The van der Waals surface area contributed by atoms with Crippen molar-refractivity contribution in [1.82, 2.24) is 5.32 Å². The fraction of sp³-hybridized carbons (Fsp3) is 0.333. The van der Waals surface area contributed by atoms with Crippen molar-refractivity contribution in [3.05, 3.63) is 144 Å². The number of rotatable bonds is 17. The van der Waals surface area contributed by atoms with Crippen LogP contribution >= 0.6 is 0 Å². The molecule has 0 spiro atoms. The van der Waals surface area contributed by atoms with Crippen molar-refractivity contribution in [3.8, 4) is 0 Å². The molecule has 0 radical (unpaired) electrons. The summed E-state index contributed by atoms with van der Waals surface area (Å²) in [6.45, 7) is 1.09. The number of esters is 1. The molecule has 0 bridgehead atoms. The Kier molecular flexibility index (Phi) is 14.2. The van der Waals surface area contributed by atoms with E-state index in [1.807, 2.05) is 121 Å². The van der Waals surface area contributed by atoms with E-state index in [4.69, 9.17) is 33.2 Å². The van der Waals surface area contributed by atoms with Gasteiger partial charge in [-0.25, -0.2) is 9.59 Å². The van der Waals surface area contributed by atoms with Gasteiger partial charge in [0.25, 0.3) is 0 Å². The highest BCUT2D eigenvalue weighted by Crippen LogP contribution is 2.29. The van der Waals surface area contributed by atoms with E-state index in [1.54, 1.807) is 0 Å². The first-order valence-electron chi connectivity index (χ1n) is 16.3. The number of nitrogens with one attached hydrogen (secondary N) is 1. The molecule has 5 rings (SSSR count). The van der Waals surface area contributed by atoms with Crippen LogP contribution in [-0.2, 0) is 64.4 Å². The van der Waals surface area contributed by atoms with Crippen molar-refractivity contribution < 1.29 is 42.7 Å². The molecule has 5 atom stereocenters. The van der Waals surface area contributed by atoms with E-state index in [1.165, 1.54) is 7.11 Å². The van der Waals surface area contributed by atoms with Gasteiger partial charge >= 0.3 is 12.1 Å². The molecule has 0 aromatic heterocycles. The highest BCUT2D eigenvalue weighted by atomic mass is 16.7. The van der Waals surface area contributed by atoms with E-state index >= 15 is 0 Å². The topological polar surface area (TPSA) is 111 Å². The summed E-state index contributed by atoms with van der Waals surface area (Å²) in [4.78, 5) is 25.3. The van der Waals surface area contributed by atoms with Crippen LogP contribution in [0.3, 0.4) is 0 Å². The molecular formula is C39H43NO9. The number of hydrogen-bond donors (Lipinski definition) is 1. The highest BCUT2D eigenvalue weighted by Gasteiger charge is 2.42. The standard InChI is InChI=1S/C39H43NO9/c1-43-38(41)33(40-39(42)48-26-32-20-12-5-13-21-32)27-46-36-22-34(45-24-30-16-8-3-9-17-30)37(47-25-31-18-10-4-11-19-31)35(49-36)28-44-23-29-14-6-2-7-15-29/h2-21,33-37H,22-28H2,1H3,(H,40,42)/t33-,34+,35+,36-,37-/m0/s1. The predicted octanol–water partition coefficient (Wildman–Crippen LogP) is 5.97. The van der Waals surface area contributed by atoms with Gasteiger partial charge in [0.15, 0.2) is 12.3 Å². The molecule has 1 aliphatic heterocycles. The molecule has 1 saturated heterocycles. The minimum Gasteiger partial charge on any atom is -0.467 e. The SMILES string of the molecule is COC(=O)[C@H](CO[C@@H]1C[C@@H](OCc2ccccc2)[C@H](OCc2ccccc2)[C@@H](COCc2ccccc2)O1)NC(=O)OCc1ccccc1. The molecular weight excluding hydrogens is 626 g/mol. The van der Waals surface area contributed by atoms with Crippen LogP contribution in [0.5, 0.6) is 0 Å². The quantitative estimate of drug-likeness (QED) is 0.136. The summed E-state index contributed by atoms with van der Waals surface area (Å²) >= 11 is 0. The van der Waals surface area contributed by atoms with Gasteiger partial charge in [0, 0.05) is 6.42 Å². The normalized spacial score (nSPS) is 19.4. The van der Waals surface area contributed by atoms with Crippen LogP contribution < -0.4 is 5.32 Å². The number of benzene rings is 4. The maximum absolute atomic E-state index is 12.7. The lowest BCUT2D eigenvalue weighted by Crippen LogP contribution is -2.54. The molecule has 1 amide bonds. The van der Waals surface area contributed by atoms with E-state index < -0.39 is 42.7 Å². The maximum Gasteiger partial charge on any atom is 0.408 e. The molecule has 49 heavy (non-hydrogen) atoms. The van der Waals surface area contributed by atoms with Crippen molar-refractivity contribution >= 4 is 12.1 Å². The van der Waals surface area contributed by atoms with Gasteiger partial charge in [-0.1, -0.05) is 121 Å². The third-order valence-electron chi connectivity index (χ3n) is 7.91. The molecule has 0 aliphatic carbocycles. The largest absolute Gasteiger partial charge is 0.467 e. The Morgan fingerprint density at radius 1 is 0.694 bits per heavy atom. The average molecular weight is 670 g/mol. The summed E-state index contributed by atoms with van der Waals surface area (Å²) < 4.78 is 41.9. The van der Waals surface area contributed by atoms with Gasteiger partial charge in [0.1, 0.15) is 18.8 Å². The first-order chi connectivity index (χ1) is 24.1. The molecule has 4 aromatic carbocycles. The first kappa shape index (κ1) is 35.7. The monoisotopic (exact) mass is 669 g/mol. The predicted molar refractivity (Wildman–Crippen MR) is 181 cm³/mol. The Morgan fingerprint density at radius 2 is 1.20 bits per heavy atom. The third kappa shape index (κ3) is 11.8. The van der Waals surface area contributed by atoms with Crippen molar-refractivity contribution in [2.75, 3.05) is 20.3 Å². The zero-order valence-corrected chi connectivity index (χ0v) is 27.6. The van der Waals surface area contributed by atoms with Crippen LogP contribution in [0, 0.1) is 0 Å². The van der Waals surface area contributed by atoms with Gasteiger partial charge in [-0.2, -0.15) is 0 Å². The number of amides is 1. The Labute approximate surface area is 287 Å². The lowest BCUT2D eigenvalue weighted by atomic mass is 10.0. The second-order valence-electron chi connectivity index (χ2n) is 11.6. The summed E-state index contributed by atoms with van der Waals surface area (Å²) in [7, 11) is 1.24. The summed E-state index contributed by atoms with van der Waals surface area (Å²) in [6, 6.07) is 37.7. The number of methoxy groups -OCH3 is 1. The Morgan fingerprint density at radius 3 is 1.76 bits per heavy atom. The smallest absolute Gasteiger partial charge is 0.408 e. The van der Waals surface area contributed by atoms with Crippen LogP contribution in [0.4, 0.5) is 4.79 Å². The van der Waals surface area contributed by atoms with Crippen molar-refractivity contribution in [2.24, 2.45) is 0 Å². The summed E-state index contributed by atoms with van der Waals surface area (Å²) in [5.41, 5.74) is 3.85. The Hall–Kier alpha value is -4.58. The molecule has 1 aliphatic rings. The highest BCUT2D eigenvalue weighted by molar-refractivity contribution is 5.81. The van der Waals surface area contributed by atoms with Crippen molar-refractivity contribution in [2.45, 2.75) is 63.5 Å². The van der Waals surface area contributed by atoms with Gasteiger partial charge in [-0.15, -0.1) is 0 Å². The molecule has 0 unspecified atom stereocenters. The fourth-order valence-electron chi connectivity index (χ4n) is 5.34. The van der Waals surface area contributed by atoms with E-state index in [0.29, 0.717) is 26.2 Å². The first-order valence-corrected chi connectivity index (χ1v) is 16.3. The maximum atomic E-state index is 12.7. The lowest BCUT2D eigenvalue weighted by Gasteiger charge is -2.41. The molecule has 10 nitrogen and oxygen atoms in total. The number of carbonyl (C=O) groups is 2. The lowest BCUT2D eigenvalue weighted by molar-refractivity contribution is -0.279. The van der Waals surface area contributed by atoms with Crippen LogP contribution in [0.1, 0.15) is 28.7 Å². The van der Waals surface area contributed by atoms with Crippen LogP contribution in [0.2, 0.25) is 0 Å². The van der Waals surface area contributed by atoms with Gasteiger partial charge in [-0.05, 0) is 22.3 Å². The van der Waals surface area contributed by atoms with Crippen LogP contribution in [-0.4, -0.2) is 63.0 Å². The van der Waals surface area contributed by atoms with Gasteiger partial charge in [-0.3, -0.25) is 0 Å². The molecule has 258 valence electrons. The molecule has 1 heterocycles. The zero-order valence-electron chi connectivity index (χ0n) is 27.6. The van der Waals surface area contributed by atoms with Crippen molar-refractivity contribution in [3.63, 3.8) is 0 Å².